The molecule has 0 fully saturated rings. The van der Waals surface area contributed by atoms with Gasteiger partial charge in [-0.05, 0) is 20.3 Å². The number of nitro groups is 1. The Morgan fingerprint density at radius 1 is 1.65 bits per heavy atom. The fourth-order valence-electron chi connectivity index (χ4n) is 1.87. The van der Waals surface area contributed by atoms with Gasteiger partial charge in [0.2, 0.25) is 0 Å². The highest BCUT2D eigenvalue weighted by Crippen LogP contribution is 2.24. The van der Waals surface area contributed by atoms with Crippen molar-refractivity contribution in [3.63, 3.8) is 0 Å². The molecular formula is C12H19N5O3. The molecule has 1 heterocycles. The number of anilines is 1. The number of pyridine rings is 1. The van der Waals surface area contributed by atoms with Crippen molar-refractivity contribution in [2.24, 2.45) is 10.9 Å². The SMILES string of the molecule is CCCN(c1ncc([N+](=O)[O-])cc1C(N)=NO)C(C)C. The van der Waals surface area contributed by atoms with E-state index in [1.165, 1.54) is 12.3 Å². The molecule has 0 radical (unpaired) electrons. The second-order valence-electron chi connectivity index (χ2n) is 4.59. The number of hydrogen-bond acceptors (Lipinski definition) is 6. The van der Waals surface area contributed by atoms with Gasteiger partial charge in [0, 0.05) is 18.7 Å². The Bertz CT molecular complexity index is 516. The van der Waals surface area contributed by atoms with Crippen LogP contribution in [-0.2, 0) is 0 Å². The molecule has 0 aromatic carbocycles. The lowest BCUT2D eigenvalue weighted by molar-refractivity contribution is -0.385. The lowest BCUT2D eigenvalue weighted by Gasteiger charge is -2.28. The zero-order chi connectivity index (χ0) is 15.3. The van der Waals surface area contributed by atoms with E-state index in [1.807, 2.05) is 25.7 Å². The fraction of sp³-hybridized carbons (Fsp3) is 0.500. The zero-order valence-electron chi connectivity index (χ0n) is 11.8. The average molecular weight is 281 g/mol. The molecule has 8 nitrogen and oxygen atoms in total. The summed E-state index contributed by atoms with van der Waals surface area (Å²) < 4.78 is 0. The number of rotatable bonds is 6. The van der Waals surface area contributed by atoms with Crippen LogP contribution in [0.1, 0.15) is 32.8 Å². The average Bonchev–Trinajstić information content (AvgIpc) is 2.42. The molecule has 0 bridgehead atoms. The maximum Gasteiger partial charge on any atom is 0.288 e. The molecule has 0 amide bonds. The third-order valence-electron chi connectivity index (χ3n) is 2.81. The summed E-state index contributed by atoms with van der Waals surface area (Å²) >= 11 is 0. The summed E-state index contributed by atoms with van der Waals surface area (Å²) in [4.78, 5) is 16.3. The first-order valence-electron chi connectivity index (χ1n) is 6.31. The van der Waals surface area contributed by atoms with Gasteiger partial charge >= 0.3 is 0 Å². The highest BCUT2D eigenvalue weighted by atomic mass is 16.6. The Labute approximate surface area is 117 Å². The Hall–Kier alpha value is -2.38. The molecule has 0 aliphatic carbocycles. The summed E-state index contributed by atoms with van der Waals surface area (Å²) in [5.41, 5.74) is 5.66. The van der Waals surface area contributed by atoms with Crippen LogP contribution >= 0.6 is 0 Å². The Balaban J connectivity index is 3.40. The van der Waals surface area contributed by atoms with Gasteiger partial charge in [0.1, 0.15) is 12.0 Å². The summed E-state index contributed by atoms with van der Waals surface area (Å²) in [7, 11) is 0. The van der Waals surface area contributed by atoms with E-state index in [1.54, 1.807) is 0 Å². The minimum atomic E-state index is -0.565. The van der Waals surface area contributed by atoms with Crippen molar-refractivity contribution in [2.75, 3.05) is 11.4 Å². The largest absolute Gasteiger partial charge is 0.409 e. The molecular weight excluding hydrogens is 262 g/mol. The van der Waals surface area contributed by atoms with Crippen molar-refractivity contribution >= 4 is 17.3 Å². The van der Waals surface area contributed by atoms with Crippen LogP contribution in [-0.4, -0.2) is 33.5 Å². The van der Waals surface area contributed by atoms with Crippen LogP contribution in [0.15, 0.2) is 17.4 Å². The van der Waals surface area contributed by atoms with Crippen LogP contribution in [0.25, 0.3) is 0 Å². The maximum absolute atomic E-state index is 10.8. The normalized spacial score (nSPS) is 11.7. The smallest absolute Gasteiger partial charge is 0.288 e. The molecule has 1 aromatic rings. The second kappa shape index (κ2) is 6.69. The molecule has 20 heavy (non-hydrogen) atoms. The topological polar surface area (TPSA) is 118 Å². The van der Waals surface area contributed by atoms with Crippen LogP contribution in [0.4, 0.5) is 11.5 Å². The zero-order valence-corrected chi connectivity index (χ0v) is 11.8. The van der Waals surface area contributed by atoms with Crippen molar-refractivity contribution in [3.05, 3.63) is 27.9 Å². The fourth-order valence-corrected chi connectivity index (χ4v) is 1.87. The van der Waals surface area contributed by atoms with E-state index < -0.39 is 4.92 Å². The number of nitrogens with zero attached hydrogens (tertiary/aromatic N) is 4. The van der Waals surface area contributed by atoms with Gasteiger partial charge in [-0.25, -0.2) is 4.98 Å². The van der Waals surface area contributed by atoms with E-state index in [0.29, 0.717) is 12.4 Å². The molecule has 1 rings (SSSR count). The number of amidine groups is 1. The Morgan fingerprint density at radius 3 is 2.75 bits per heavy atom. The molecule has 0 saturated heterocycles. The summed E-state index contributed by atoms with van der Waals surface area (Å²) in [6.07, 6.45) is 2.06. The van der Waals surface area contributed by atoms with E-state index in [4.69, 9.17) is 10.9 Å². The van der Waals surface area contributed by atoms with Crippen molar-refractivity contribution in [2.45, 2.75) is 33.2 Å². The second-order valence-corrected chi connectivity index (χ2v) is 4.59. The third kappa shape index (κ3) is 3.34. The molecule has 8 heteroatoms. The van der Waals surface area contributed by atoms with Crippen LogP contribution in [0.2, 0.25) is 0 Å². The molecule has 0 spiro atoms. The van der Waals surface area contributed by atoms with Crippen molar-refractivity contribution in [1.82, 2.24) is 4.98 Å². The van der Waals surface area contributed by atoms with Gasteiger partial charge in [0.15, 0.2) is 5.84 Å². The predicted molar refractivity (Wildman–Crippen MR) is 76.2 cm³/mol. The van der Waals surface area contributed by atoms with Crippen LogP contribution in [0, 0.1) is 10.1 Å². The number of oxime groups is 1. The van der Waals surface area contributed by atoms with Gasteiger partial charge in [-0.3, -0.25) is 10.1 Å². The molecule has 0 aliphatic rings. The summed E-state index contributed by atoms with van der Waals surface area (Å²) in [5, 5.41) is 22.6. The third-order valence-corrected chi connectivity index (χ3v) is 2.81. The molecule has 0 aliphatic heterocycles. The minimum Gasteiger partial charge on any atom is -0.409 e. The van der Waals surface area contributed by atoms with E-state index in [-0.39, 0.29) is 23.1 Å². The molecule has 0 unspecified atom stereocenters. The highest BCUT2D eigenvalue weighted by Gasteiger charge is 2.21. The quantitative estimate of drug-likeness (QED) is 0.269. The van der Waals surface area contributed by atoms with Gasteiger partial charge in [-0.15, -0.1) is 0 Å². The van der Waals surface area contributed by atoms with Gasteiger partial charge < -0.3 is 15.8 Å². The number of nitrogens with two attached hydrogens (primary N) is 1. The first-order valence-corrected chi connectivity index (χ1v) is 6.31. The monoisotopic (exact) mass is 281 g/mol. The van der Waals surface area contributed by atoms with Crippen LogP contribution in [0.3, 0.4) is 0 Å². The van der Waals surface area contributed by atoms with Crippen LogP contribution in [0.5, 0.6) is 0 Å². The first-order chi connectivity index (χ1) is 9.42. The predicted octanol–water partition coefficient (Wildman–Crippen LogP) is 1.71. The minimum absolute atomic E-state index is 0.133. The summed E-state index contributed by atoms with van der Waals surface area (Å²) in [5.74, 6) is 0.278. The van der Waals surface area contributed by atoms with Gasteiger partial charge in [-0.1, -0.05) is 12.1 Å². The Morgan fingerprint density at radius 2 is 2.30 bits per heavy atom. The van der Waals surface area contributed by atoms with E-state index in [0.717, 1.165) is 6.42 Å². The molecule has 0 atom stereocenters. The van der Waals surface area contributed by atoms with Crippen molar-refractivity contribution < 1.29 is 10.1 Å². The number of hydrogen-bond donors (Lipinski definition) is 2. The van der Waals surface area contributed by atoms with E-state index in [9.17, 15) is 10.1 Å². The molecule has 0 saturated carbocycles. The molecule has 110 valence electrons. The van der Waals surface area contributed by atoms with E-state index >= 15 is 0 Å². The maximum atomic E-state index is 10.8. The first kappa shape index (κ1) is 15.7. The van der Waals surface area contributed by atoms with Crippen molar-refractivity contribution in [1.29, 1.82) is 0 Å². The number of aromatic nitrogens is 1. The summed E-state index contributed by atoms with van der Waals surface area (Å²) in [6.45, 7) is 6.70. The van der Waals surface area contributed by atoms with Gasteiger partial charge in [0.05, 0.1) is 10.5 Å². The van der Waals surface area contributed by atoms with Gasteiger partial charge in [0.25, 0.3) is 5.69 Å². The van der Waals surface area contributed by atoms with Crippen LogP contribution < -0.4 is 10.6 Å². The standard InChI is InChI=1S/C12H19N5O3/c1-4-5-16(8(2)3)12-10(11(13)15-18)6-9(7-14-12)17(19)20/h6-8,18H,4-5H2,1-3H3,(H2,13,15). The van der Waals surface area contributed by atoms with Crippen molar-refractivity contribution in [3.8, 4) is 0 Å². The molecule has 3 N–H and O–H groups in total. The van der Waals surface area contributed by atoms with E-state index in [2.05, 4.69) is 10.1 Å². The highest BCUT2D eigenvalue weighted by molar-refractivity contribution is 6.02. The summed E-state index contributed by atoms with van der Waals surface area (Å²) in [6, 6.07) is 1.40. The Kier molecular flexibility index (Phi) is 5.24. The molecule has 1 aromatic heterocycles. The lowest BCUT2D eigenvalue weighted by Crippen LogP contribution is -2.34. The van der Waals surface area contributed by atoms with Gasteiger partial charge in [-0.2, -0.15) is 0 Å². The lowest BCUT2D eigenvalue weighted by atomic mass is 10.1.